The van der Waals surface area contributed by atoms with Crippen molar-refractivity contribution in [3.8, 4) is 0 Å². The third-order valence-electron chi connectivity index (χ3n) is 2.57. The number of hydrogen-bond acceptors (Lipinski definition) is 4. The van der Waals surface area contributed by atoms with E-state index in [0.29, 0.717) is 16.1 Å². The Balaban J connectivity index is 2.16. The largest absolute Gasteiger partial charge is 0.383 e. The van der Waals surface area contributed by atoms with E-state index in [1.165, 1.54) is 11.9 Å². The fraction of sp³-hybridized carbons (Fsp3) is 0.231. The minimum atomic E-state index is 0.426. The molecule has 0 bridgehead atoms. The standard InChI is InChI=1S/C13H15BrN4/c1-2-3-9-4-6-10(7-5-9)18-13-11(14)12(15)16-8-17-13/h4-8H,2-3H2,1H3,(H3,15,16,17,18). The smallest absolute Gasteiger partial charge is 0.150 e. The zero-order valence-corrected chi connectivity index (χ0v) is 11.7. The first kappa shape index (κ1) is 12.8. The first-order valence-electron chi connectivity index (χ1n) is 5.82. The second-order valence-corrected chi connectivity index (χ2v) is 4.79. The molecule has 2 aromatic rings. The highest BCUT2D eigenvalue weighted by molar-refractivity contribution is 9.10. The molecule has 0 fully saturated rings. The Bertz CT molecular complexity index is 525. The van der Waals surface area contributed by atoms with Crippen molar-refractivity contribution >= 4 is 33.3 Å². The lowest BCUT2D eigenvalue weighted by Crippen LogP contribution is -1.99. The number of benzene rings is 1. The topological polar surface area (TPSA) is 63.8 Å². The predicted octanol–water partition coefficient (Wildman–Crippen LogP) is 3.52. The summed E-state index contributed by atoms with van der Waals surface area (Å²) in [4.78, 5) is 8.04. The average Bonchev–Trinajstić information content (AvgIpc) is 2.38. The van der Waals surface area contributed by atoms with Crippen LogP contribution in [0.1, 0.15) is 18.9 Å². The van der Waals surface area contributed by atoms with Gasteiger partial charge in [-0.25, -0.2) is 9.97 Å². The van der Waals surface area contributed by atoms with E-state index in [2.05, 4.69) is 50.3 Å². The van der Waals surface area contributed by atoms with Crippen LogP contribution >= 0.6 is 15.9 Å². The third-order valence-corrected chi connectivity index (χ3v) is 3.35. The van der Waals surface area contributed by atoms with Crippen LogP contribution in [0, 0.1) is 0 Å². The van der Waals surface area contributed by atoms with Crippen LogP contribution in [-0.4, -0.2) is 9.97 Å². The Hall–Kier alpha value is -1.62. The zero-order chi connectivity index (χ0) is 13.0. The summed E-state index contributed by atoms with van der Waals surface area (Å²) in [5.74, 6) is 1.10. The average molecular weight is 307 g/mol. The van der Waals surface area contributed by atoms with E-state index in [0.717, 1.165) is 18.5 Å². The molecule has 0 aliphatic rings. The monoisotopic (exact) mass is 306 g/mol. The lowest BCUT2D eigenvalue weighted by Gasteiger charge is -2.08. The molecule has 0 amide bonds. The summed E-state index contributed by atoms with van der Waals surface area (Å²) in [6.07, 6.45) is 3.69. The highest BCUT2D eigenvalue weighted by atomic mass is 79.9. The summed E-state index contributed by atoms with van der Waals surface area (Å²) in [5, 5.41) is 3.20. The molecular weight excluding hydrogens is 292 g/mol. The van der Waals surface area contributed by atoms with Crippen molar-refractivity contribution in [3.05, 3.63) is 40.6 Å². The van der Waals surface area contributed by atoms with Crippen molar-refractivity contribution in [2.75, 3.05) is 11.1 Å². The summed E-state index contributed by atoms with van der Waals surface area (Å²) in [5.41, 5.74) is 8.02. The number of anilines is 3. The van der Waals surface area contributed by atoms with Gasteiger partial charge in [0, 0.05) is 5.69 Å². The number of hydrogen-bond donors (Lipinski definition) is 2. The number of nitrogens with two attached hydrogens (primary N) is 1. The molecule has 5 heteroatoms. The molecule has 0 radical (unpaired) electrons. The molecule has 0 saturated carbocycles. The zero-order valence-electron chi connectivity index (χ0n) is 10.2. The molecule has 0 saturated heterocycles. The Morgan fingerprint density at radius 3 is 2.61 bits per heavy atom. The van der Waals surface area contributed by atoms with Gasteiger partial charge in [0.1, 0.15) is 22.4 Å². The SMILES string of the molecule is CCCc1ccc(Nc2ncnc(N)c2Br)cc1. The summed E-state index contributed by atoms with van der Waals surface area (Å²) in [7, 11) is 0. The van der Waals surface area contributed by atoms with Gasteiger partial charge in [0.15, 0.2) is 0 Å². The first-order chi connectivity index (χ1) is 8.70. The summed E-state index contributed by atoms with van der Waals surface area (Å²) >= 11 is 3.36. The van der Waals surface area contributed by atoms with Gasteiger partial charge in [0.2, 0.25) is 0 Å². The van der Waals surface area contributed by atoms with Crippen LogP contribution in [0.3, 0.4) is 0 Å². The van der Waals surface area contributed by atoms with E-state index in [1.807, 2.05) is 12.1 Å². The highest BCUT2D eigenvalue weighted by Crippen LogP contribution is 2.27. The maximum absolute atomic E-state index is 5.70. The van der Waals surface area contributed by atoms with Crippen LogP contribution in [0.4, 0.5) is 17.3 Å². The number of aromatic nitrogens is 2. The first-order valence-corrected chi connectivity index (χ1v) is 6.62. The summed E-state index contributed by atoms with van der Waals surface area (Å²) in [6.45, 7) is 2.17. The molecule has 0 aliphatic carbocycles. The molecule has 2 rings (SSSR count). The van der Waals surface area contributed by atoms with Gasteiger partial charge >= 0.3 is 0 Å². The summed E-state index contributed by atoms with van der Waals surface area (Å²) in [6, 6.07) is 8.31. The minimum Gasteiger partial charge on any atom is -0.383 e. The van der Waals surface area contributed by atoms with Gasteiger partial charge in [-0.05, 0) is 40.0 Å². The Labute approximate surface area is 115 Å². The predicted molar refractivity (Wildman–Crippen MR) is 77.9 cm³/mol. The van der Waals surface area contributed by atoms with Gasteiger partial charge in [-0.2, -0.15) is 0 Å². The van der Waals surface area contributed by atoms with E-state index < -0.39 is 0 Å². The van der Waals surface area contributed by atoms with Crippen molar-refractivity contribution in [1.29, 1.82) is 0 Å². The Morgan fingerprint density at radius 1 is 1.22 bits per heavy atom. The van der Waals surface area contributed by atoms with Crippen molar-refractivity contribution in [1.82, 2.24) is 9.97 Å². The molecule has 0 atom stereocenters. The van der Waals surface area contributed by atoms with E-state index in [1.54, 1.807) is 0 Å². The summed E-state index contributed by atoms with van der Waals surface area (Å²) < 4.78 is 0.683. The molecule has 0 spiro atoms. The van der Waals surface area contributed by atoms with Gasteiger partial charge < -0.3 is 11.1 Å². The van der Waals surface area contributed by atoms with Gasteiger partial charge in [-0.3, -0.25) is 0 Å². The Kier molecular flexibility index (Phi) is 4.15. The van der Waals surface area contributed by atoms with E-state index >= 15 is 0 Å². The van der Waals surface area contributed by atoms with Crippen LogP contribution in [0.25, 0.3) is 0 Å². The van der Waals surface area contributed by atoms with Crippen molar-refractivity contribution in [2.45, 2.75) is 19.8 Å². The van der Waals surface area contributed by atoms with Crippen molar-refractivity contribution in [2.24, 2.45) is 0 Å². The Morgan fingerprint density at radius 2 is 1.94 bits per heavy atom. The van der Waals surface area contributed by atoms with Crippen LogP contribution < -0.4 is 11.1 Å². The fourth-order valence-corrected chi connectivity index (χ4v) is 1.95. The molecule has 18 heavy (non-hydrogen) atoms. The second kappa shape index (κ2) is 5.82. The van der Waals surface area contributed by atoms with Crippen LogP contribution in [0.5, 0.6) is 0 Å². The molecule has 3 N–H and O–H groups in total. The van der Waals surface area contributed by atoms with Crippen molar-refractivity contribution < 1.29 is 0 Å². The number of halogens is 1. The molecule has 94 valence electrons. The molecule has 1 heterocycles. The molecule has 1 aromatic carbocycles. The van der Waals surface area contributed by atoms with Crippen LogP contribution in [0.15, 0.2) is 35.1 Å². The minimum absolute atomic E-state index is 0.426. The maximum Gasteiger partial charge on any atom is 0.150 e. The highest BCUT2D eigenvalue weighted by Gasteiger charge is 2.05. The molecule has 0 unspecified atom stereocenters. The molecule has 0 aliphatic heterocycles. The second-order valence-electron chi connectivity index (χ2n) is 3.99. The van der Waals surface area contributed by atoms with Crippen LogP contribution in [-0.2, 0) is 6.42 Å². The van der Waals surface area contributed by atoms with E-state index in [9.17, 15) is 0 Å². The quantitative estimate of drug-likeness (QED) is 0.907. The lowest BCUT2D eigenvalue weighted by molar-refractivity contribution is 0.922. The number of nitrogen functional groups attached to an aromatic ring is 1. The number of nitrogens with one attached hydrogen (secondary N) is 1. The van der Waals surface area contributed by atoms with Gasteiger partial charge in [0.05, 0.1) is 0 Å². The van der Waals surface area contributed by atoms with E-state index in [-0.39, 0.29) is 0 Å². The number of aryl methyl sites for hydroxylation is 1. The lowest BCUT2D eigenvalue weighted by atomic mass is 10.1. The van der Waals surface area contributed by atoms with Crippen LogP contribution in [0.2, 0.25) is 0 Å². The van der Waals surface area contributed by atoms with Crippen molar-refractivity contribution in [3.63, 3.8) is 0 Å². The number of nitrogens with zero attached hydrogens (tertiary/aromatic N) is 2. The number of rotatable bonds is 4. The molecular formula is C13H15BrN4. The fourth-order valence-electron chi connectivity index (χ4n) is 1.65. The molecule has 1 aromatic heterocycles. The third kappa shape index (κ3) is 2.98. The van der Waals surface area contributed by atoms with E-state index in [4.69, 9.17) is 5.73 Å². The van der Waals surface area contributed by atoms with Gasteiger partial charge in [-0.15, -0.1) is 0 Å². The maximum atomic E-state index is 5.70. The normalized spacial score (nSPS) is 10.3. The van der Waals surface area contributed by atoms with Gasteiger partial charge in [-0.1, -0.05) is 25.5 Å². The molecule has 4 nitrogen and oxygen atoms in total. The van der Waals surface area contributed by atoms with Gasteiger partial charge in [0.25, 0.3) is 0 Å².